The van der Waals surface area contributed by atoms with Gasteiger partial charge in [0.25, 0.3) is 5.91 Å². The van der Waals surface area contributed by atoms with Gasteiger partial charge in [-0.05, 0) is 50.6 Å². The Morgan fingerprint density at radius 3 is 2.48 bits per heavy atom. The molecule has 0 spiro atoms. The van der Waals surface area contributed by atoms with Gasteiger partial charge in [0.2, 0.25) is 0 Å². The van der Waals surface area contributed by atoms with Gasteiger partial charge in [-0.25, -0.2) is 0 Å². The van der Waals surface area contributed by atoms with Crippen LogP contribution >= 0.6 is 0 Å². The second-order valence-electron chi connectivity index (χ2n) is 4.98. The number of carbonyl (C=O) groups excluding carboxylic acids is 1. The number of anilines is 1. The highest BCUT2D eigenvalue weighted by atomic mass is 16.5. The third-order valence-corrected chi connectivity index (χ3v) is 3.16. The number of amides is 1. The Morgan fingerprint density at radius 2 is 1.86 bits per heavy atom. The molecule has 110 valence electrons. The van der Waals surface area contributed by atoms with Gasteiger partial charge in [-0.15, -0.1) is 0 Å². The maximum Gasteiger partial charge on any atom is 0.251 e. The van der Waals surface area contributed by atoms with Crippen LogP contribution in [0.1, 0.15) is 28.4 Å². The molecule has 0 aliphatic heterocycles. The molecule has 2 aromatic rings. The summed E-state index contributed by atoms with van der Waals surface area (Å²) < 4.78 is 5.83. The number of carbonyl (C=O) groups is 1. The summed E-state index contributed by atoms with van der Waals surface area (Å²) in [5.74, 6) is 1.18. The molecule has 0 aliphatic carbocycles. The van der Waals surface area contributed by atoms with Crippen LogP contribution in [0.2, 0.25) is 0 Å². The molecule has 0 bridgehead atoms. The summed E-state index contributed by atoms with van der Waals surface area (Å²) in [6.45, 7) is 6.48. The van der Waals surface area contributed by atoms with Crippen LogP contribution in [0.25, 0.3) is 0 Å². The Kier molecular flexibility index (Phi) is 4.48. The van der Waals surface area contributed by atoms with Crippen molar-refractivity contribution in [3.8, 4) is 11.5 Å². The van der Waals surface area contributed by atoms with Crippen molar-refractivity contribution in [2.24, 2.45) is 0 Å². The molecule has 2 rings (SSSR count). The van der Waals surface area contributed by atoms with Crippen molar-refractivity contribution in [2.75, 3.05) is 12.3 Å². The zero-order valence-electron chi connectivity index (χ0n) is 12.6. The van der Waals surface area contributed by atoms with Crippen LogP contribution < -0.4 is 15.8 Å². The lowest BCUT2D eigenvalue weighted by molar-refractivity contribution is 0.0956. The summed E-state index contributed by atoms with van der Waals surface area (Å²) in [5, 5.41) is 2.74. The van der Waals surface area contributed by atoms with E-state index in [0.29, 0.717) is 23.5 Å². The van der Waals surface area contributed by atoms with E-state index >= 15 is 0 Å². The van der Waals surface area contributed by atoms with Gasteiger partial charge >= 0.3 is 0 Å². The van der Waals surface area contributed by atoms with E-state index < -0.39 is 0 Å². The SMILES string of the molecule is CCNC(=O)c1ccc(Oc2ccc(C)cc2C)c(N)c1. The summed E-state index contributed by atoms with van der Waals surface area (Å²) in [5.41, 5.74) is 9.18. The van der Waals surface area contributed by atoms with Gasteiger partial charge in [-0.2, -0.15) is 0 Å². The highest BCUT2D eigenvalue weighted by Crippen LogP contribution is 2.30. The van der Waals surface area contributed by atoms with Gasteiger partial charge in [0.1, 0.15) is 11.5 Å². The van der Waals surface area contributed by atoms with Gasteiger partial charge in [0, 0.05) is 12.1 Å². The highest BCUT2D eigenvalue weighted by Gasteiger charge is 2.09. The Morgan fingerprint density at radius 1 is 1.14 bits per heavy atom. The lowest BCUT2D eigenvalue weighted by Gasteiger charge is -2.12. The molecule has 0 fully saturated rings. The summed E-state index contributed by atoms with van der Waals surface area (Å²) in [4.78, 5) is 11.8. The van der Waals surface area contributed by atoms with E-state index in [0.717, 1.165) is 11.3 Å². The van der Waals surface area contributed by atoms with E-state index in [9.17, 15) is 4.79 Å². The minimum atomic E-state index is -0.137. The number of hydrogen-bond acceptors (Lipinski definition) is 3. The number of benzene rings is 2. The fourth-order valence-electron chi connectivity index (χ4n) is 2.08. The first kappa shape index (κ1) is 14.9. The third-order valence-electron chi connectivity index (χ3n) is 3.16. The topological polar surface area (TPSA) is 64.3 Å². The van der Waals surface area contributed by atoms with Crippen molar-refractivity contribution < 1.29 is 9.53 Å². The zero-order valence-corrected chi connectivity index (χ0v) is 12.6. The Balaban J connectivity index is 2.23. The fraction of sp³-hybridized carbons (Fsp3) is 0.235. The molecule has 0 saturated carbocycles. The van der Waals surface area contributed by atoms with Crippen molar-refractivity contribution >= 4 is 11.6 Å². The second-order valence-corrected chi connectivity index (χ2v) is 4.98. The van der Waals surface area contributed by atoms with E-state index in [4.69, 9.17) is 10.5 Å². The van der Waals surface area contributed by atoms with Crippen LogP contribution in [0.3, 0.4) is 0 Å². The minimum absolute atomic E-state index is 0.137. The Labute approximate surface area is 124 Å². The monoisotopic (exact) mass is 284 g/mol. The molecule has 0 aliphatic rings. The first-order valence-electron chi connectivity index (χ1n) is 6.94. The summed E-state index contributed by atoms with van der Waals surface area (Å²) in [7, 11) is 0. The van der Waals surface area contributed by atoms with Crippen molar-refractivity contribution in [1.82, 2.24) is 5.32 Å². The normalized spacial score (nSPS) is 10.2. The molecule has 0 unspecified atom stereocenters. The summed E-state index contributed by atoms with van der Waals surface area (Å²) in [6.07, 6.45) is 0. The average molecular weight is 284 g/mol. The van der Waals surface area contributed by atoms with E-state index in [1.807, 2.05) is 32.9 Å². The van der Waals surface area contributed by atoms with Crippen LogP contribution in [0.4, 0.5) is 5.69 Å². The number of nitrogens with one attached hydrogen (secondary N) is 1. The molecule has 0 atom stereocenters. The van der Waals surface area contributed by atoms with Crippen LogP contribution in [-0.2, 0) is 0 Å². The largest absolute Gasteiger partial charge is 0.455 e. The van der Waals surface area contributed by atoms with Crippen molar-refractivity contribution in [1.29, 1.82) is 0 Å². The van der Waals surface area contributed by atoms with E-state index in [1.54, 1.807) is 18.2 Å². The number of nitrogens with two attached hydrogens (primary N) is 1. The van der Waals surface area contributed by atoms with E-state index in [2.05, 4.69) is 11.4 Å². The number of hydrogen-bond donors (Lipinski definition) is 2. The number of ether oxygens (including phenoxy) is 1. The molecule has 1 amide bonds. The molecular weight excluding hydrogens is 264 g/mol. The van der Waals surface area contributed by atoms with Crippen LogP contribution in [-0.4, -0.2) is 12.5 Å². The molecule has 0 aromatic heterocycles. The fourth-order valence-corrected chi connectivity index (χ4v) is 2.08. The first-order valence-corrected chi connectivity index (χ1v) is 6.94. The smallest absolute Gasteiger partial charge is 0.251 e. The molecule has 21 heavy (non-hydrogen) atoms. The lowest BCUT2D eigenvalue weighted by atomic mass is 10.1. The van der Waals surface area contributed by atoms with E-state index in [1.165, 1.54) is 5.56 Å². The average Bonchev–Trinajstić information content (AvgIpc) is 2.44. The van der Waals surface area contributed by atoms with Gasteiger partial charge in [-0.1, -0.05) is 17.7 Å². The van der Waals surface area contributed by atoms with Gasteiger partial charge in [0.15, 0.2) is 0 Å². The molecule has 0 saturated heterocycles. The number of rotatable bonds is 4. The maximum absolute atomic E-state index is 11.8. The van der Waals surface area contributed by atoms with Crippen molar-refractivity contribution in [2.45, 2.75) is 20.8 Å². The number of nitrogen functional groups attached to an aromatic ring is 1. The zero-order chi connectivity index (χ0) is 15.4. The van der Waals surface area contributed by atoms with Gasteiger partial charge in [-0.3, -0.25) is 4.79 Å². The van der Waals surface area contributed by atoms with Crippen molar-refractivity contribution in [3.63, 3.8) is 0 Å². The predicted octanol–water partition coefficient (Wildman–Crippen LogP) is 3.43. The molecule has 4 heteroatoms. The minimum Gasteiger partial charge on any atom is -0.455 e. The third kappa shape index (κ3) is 3.54. The van der Waals surface area contributed by atoms with Gasteiger partial charge < -0.3 is 15.8 Å². The molecule has 2 aromatic carbocycles. The maximum atomic E-state index is 11.8. The number of aryl methyl sites for hydroxylation is 2. The first-order chi connectivity index (χ1) is 10.0. The molecule has 0 radical (unpaired) electrons. The standard InChI is InChI=1S/C17H20N2O2/c1-4-19-17(20)13-6-8-16(14(18)10-13)21-15-7-5-11(2)9-12(15)3/h5-10H,4,18H2,1-3H3,(H,19,20). The Hall–Kier alpha value is -2.49. The van der Waals surface area contributed by atoms with Crippen molar-refractivity contribution in [3.05, 3.63) is 53.1 Å². The molecule has 3 N–H and O–H groups in total. The molecule has 0 heterocycles. The van der Waals surface area contributed by atoms with Crippen LogP contribution in [0.5, 0.6) is 11.5 Å². The predicted molar refractivity (Wildman–Crippen MR) is 84.9 cm³/mol. The Bertz CT molecular complexity index is 666. The van der Waals surface area contributed by atoms with Crippen LogP contribution in [0, 0.1) is 13.8 Å². The lowest BCUT2D eigenvalue weighted by Crippen LogP contribution is -2.22. The highest BCUT2D eigenvalue weighted by molar-refractivity contribution is 5.95. The summed E-state index contributed by atoms with van der Waals surface area (Å²) in [6, 6.07) is 11.0. The summed E-state index contributed by atoms with van der Waals surface area (Å²) >= 11 is 0. The second kappa shape index (κ2) is 6.31. The van der Waals surface area contributed by atoms with Crippen LogP contribution in [0.15, 0.2) is 36.4 Å². The molecule has 4 nitrogen and oxygen atoms in total. The molecular formula is C17H20N2O2. The van der Waals surface area contributed by atoms with E-state index in [-0.39, 0.29) is 5.91 Å². The quantitative estimate of drug-likeness (QED) is 0.845. The van der Waals surface area contributed by atoms with Gasteiger partial charge in [0.05, 0.1) is 5.69 Å².